The SMILES string of the molecule is C/C=C/c1ccc(OCCCCn2c(CSc3ccccc3)nc3ccccc32)c(OC)c1. The molecule has 1 aromatic heterocycles. The summed E-state index contributed by atoms with van der Waals surface area (Å²) in [6.45, 7) is 3.58. The maximum absolute atomic E-state index is 6.03. The summed E-state index contributed by atoms with van der Waals surface area (Å²) in [5, 5.41) is 0. The van der Waals surface area contributed by atoms with Crippen LogP contribution in [-0.2, 0) is 12.3 Å². The zero-order chi connectivity index (χ0) is 22.9. The van der Waals surface area contributed by atoms with Gasteiger partial charge in [0, 0.05) is 11.4 Å². The number of hydrogen-bond donors (Lipinski definition) is 0. The molecule has 0 aliphatic rings. The van der Waals surface area contributed by atoms with Crippen molar-refractivity contribution in [3.8, 4) is 11.5 Å². The molecule has 4 rings (SSSR count). The molecule has 0 spiro atoms. The Morgan fingerprint density at radius 3 is 2.58 bits per heavy atom. The summed E-state index contributed by atoms with van der Waals surface area (Å²) in [6.07, 6.45) is 6.04. The van der Waals surface area contributed by atoms with Gasteiger partial charge in [0.1, 0.15) is 5.82 Å². The first-order valence-electron chi connectivity index (χ1n) is 11.3. The van der Waals surface area contributed by atoms with Gasteiger partial charge in [0.25, 0.3) is 0 Å². The lowest BCUT2D eigenvalue weighted by molar-refractivity contribution is 0.284. The third kappa shape index (κ3) is 5.99. The summed E-state index contributed by atoms with van der Waals surface area (Å²) in [6, 6.07) is 24.9. The number of hydrogen-bond acceptors (Lipinski definition) is 4. The zero-order valence-corrected chi connectivity index (χ0v) is 20.1. The lowest BCUT2D eigenvalue weighted by Crippen LogP contribution is -2.06. The van der Waals surface area contributed by atoms with Crippen molar-refractivity contribution in [3.63, 3.8) is 0 Å². The Morgan fingerprint density at radius 2 is 1.76 bits per heavy atom. The fourth-order valence-corrected chi connectivity index (χ4v) is 4.67. The summed E-state index contributed by atoms with van der Waals surface area (Å²) in [5.41, 5.74) is 3.36. The van der Waals surface area contributed by atoms with Crippen LogP contribution in [0.1, 0.15) is 31.2 Å². The Bertz CT molecular complexity index is 1200. The molecule has 0 amide bonds. The lowest BCUT2D eigenvalue weighted by Gasteiger charge is -2.12. The molecule has 5 heteroatoms. The Kier molecular flexibility index (Phi) is 8.09. The third-order valence-corrected chi connectivity index (χ3v) is 6.43. The van der Waals surface area contributed by atoms with Crippen LogP contribution in [0, 0.1) is 0 Å². The van der Waals surface area contributed by atoms with Crippen LogP contribution in [0.5, 0.6) is 11.5 Å². The molecule has 0 saturated heterocycles. The number of aryl methyl sites for hydroxylation is 1. The van der Waals surface area contributed by atoms with Gasteiger partial charge in [-0.3, -0.25) is 0 Å². The quantitative estimate of drug-likeness (QED) is 0.175. The number of fused-ring (bicyclic) bond motifs is 1. The standard InChI is InChI=1S/C28H30N2O2S/c1-3-11-22-16-17-26(27(20-22)31-2)32-19-10-9-18-30-25-15-8-7-14-24(25)29-28(30)21-33-23-12-5-4-6-13-23/h3-8,11-17,20H,9-10,18-19,21H2,1-2H3/b11-3+. The molecule has 4 aromatic rings. The van der Waals surface area contributed by atoms with Crippen molar-refractivity contribution in [1.82, 2.24) is 9.55 Å². The minimum atomic E-state index is 0.653. The molecule has 170 valence electrons. The zero-order valence-electron chi connectivity index (χ0n) is 19.2. The second-order valence-corrected chi connectivity index (χ2v) is 8.78. The van der Waals surface area contributed by atoms with Gasteiger partial charge in [-0.15, -0.1) is 11.8 Å². The van der Waals surface area contributed by atoms with E-state index in [0.29, 0.717) is 6.61 Å². The minimum absolute atomic E-state index is 0.653. The van der Waals surface area contributed by atoms with Gasteiger partial charge in [-0.2, -0.15) is 0 Å². The first kappa shape index (κ1) is 23.0. The number of nitrogens with zero attached hydrogens (tertiary/aromatic N) is 2. The van der Waals surface area contributed by atoms with Crippen molar-refractivity contribution in [3.05, 3.63) is 90.3 Å². The van der Waals surface area contributed by atoms with Crippen LogP contribution in [-0.4, -0.2) is 23.3 Å². The first-order chi connectivity index (χ1) is 16.3. The van der Waals surface area contributed by atoms with E-state index in [0.717, 1.165) is 53.5 Å². The Balaban J connectivity index is 1.36. The van der Waals surface area contributed by atoms with Gasteiger partial charge in [0.2, 0.25) is 0 Å². The van der Waals surface area contributed by atoms with E-state index in [1.54, 1.807) is 7.11 Å². The number of rotatable bonds is 11. The van der Waals surface area contributed by atoms with E-state index in [9.17, 15) is 0 Å². The van der Waals surface area contributed by atoms with Crippen molar-refractivity contribution >= 4 is 28.9 Å². The maximum atomic E-state index is 6.03. The van der Waals surface area contributed by atoms with E-state index in [1.807, 2.05) is 49.0 Å². The highest BCUT2D eigenvalue weighted by Gasteiger charge is 2.11. The molecular formula is C28H30N2O2S. The first-order valence-corrected chi connectivity index (χ1v) is 12.3. The number of methoxy groups -OCH3 is 1. The molecule has 4 nitrogen and oxygen atoms in total. The molecule has 0 aliphatic carbocycles. The van der Waals surface area contributed by atoms with Gasteiger partial charge in [0.15, 0.2) is 11.5 Å². The number of ether oxygens (including phenoxy) is 2. The molecule has 0 N–H and O–H groups in total. The predicted octanol–water partition coefficient (Wildman–Crippen LogP) is 7.23. The summed E-state index contributed by atoms with van der Waals surface area (Å²) in [4.78, 5) is 6.17. The molecule has 1 heterocycles. The Morgan fingerprint density at radius 1 is 0.939 bits per heavy atom. The highest BCUT2D eigenvalue weighted by molar-refractivity contribution is 7.98. The van der Waals surface area contributed by atoms with Crippen molar-refractivity contribution < 1.29 is 9.47 Å². The highest BCUT2D eigenvalue weighted by atomic mass is 32.2. The van der Waals surface area contributed by atoms with Gasteiger partial charge in [-0.05, 0) is 61.7 Å². The van der Waals surface area contributed by atoms with E-state index in [4.69, 9.17) is 14.5 Å². The van der Waals surface area contributed by atoms with Crippen molar-refractivity contribution in [2.75, 3.05) is 13.7 Å². The molecule has 0 unspecified atom stereocenters. The van der Waals surface area contributed by atoms with Crippen LogP contribution in [0.25, 0.3) is 17.1 Å². The summed E-state index contributed by atoms with van der Waals surface area (Å²) < 4.78 is 13.9. The number of imidazole rings is 1. The topological polar surface area (TPSA) is 36.3 Å². The number of thioether (sulfide) groups is 1. The predicted molar refractivity (Wildman–Crippen MR) is 138 cm³/mol. The minimum Gasteiger partial charge on any atom is -0.493 e. The fourth-order valence-electron chi connectivity index (χ4n) is 3.80. The largest absolute Gasteiger partial charge is 0.493 e. The number of benzene rings is 3. The molecule has 33 heavy (non-hydrogen) atoms. The summed E-state index contributed by atoms with van der Waals surface area (Å²) in [7, 11) is 1.68. The van der Waals surface area contributed by atoms with Gasteiger partial charge in [-0.25, -0.2) is 4.98 Å². The van der Waals surface area contributed by atoms with Crippen LogP contribution in [0.15, 0.2) is 83.8 Å². The van der Waals surface area contributed by atoms with Crippen LogP contribution >= 0.6 is 11.8 Å². The van der Waals surface area contributed by atoms with E-state index in [-0.39, 0.29) is 0 Å². The van der Waals surface area contributed by atoms with Gasteiger partial charge in [0.05, 0.1) is 30.5 Å². The van der Waals surface area contributed by atoms with E-state index < -0.39 is 0 Å². The van der Waals surface area contributed by atoms with E-state index >= 15 is 0 Å². The highest BCUT2D eigenvalue weighted by Crippen LogP contribution is 2.29. The monoisotopic (exact) mass is 458 g/mol. The summed E-state index contributed by atoms with van der Waals surface area (Å²) >= 11 is 1.83. The smallest absolute Gasteiger partial charge is 0.161 e. The van der Waals surface area contributed by atoms with Crippen LogP contribution in [0.2, 0.25) is 0 Å². The van der Waals surface area contributed by atoms with Gasteiger partial charge in [-0.1, -0.05) is 48.6 Å². The average molecular weight is 459 g/mol. The Hall–Kier alpha value is -3.18. The average Bonchev–Trinajstić information content (AvgIpc) is 3.21. The molecule has 3 aromatic carbocycles. The number of aromatic nitrogens is 2. The van der Waals surface area contributed by atoms with Crippen molar-refractivity contribution in [2.24, 2.45) is 0 Å². The third-order valence-electron chi connectivity index (χ3n) is 5.43. The number of allylic oxidation sites excluding steroid dienone is 1. The molecule has 0 aliphatic heterocycles. The molecule has 0 radical (unpaired) electrons. The molecule has 0 atom stereocenters. The molecular weight excluding hydrogens is 428 g/mol. The van der Waals surface area contributed by atoms with Crippen LogP contribution in [0.3, 0.4) is 0 Å². The second kappa shape index (κ2) is 11.6. The molecule has 0 bridgehead atoms. The lowest BCUT2D eigenvalue weighted by atomic mass is 10.2. The van der Waals surface area contributed by atoms with Gasteiger partial charge < -0.3 is 14.0 Å². The second-order valence-electron chi connectivity index (χ2n) is 7.74. The van der Waals surface area contributed by atoms with Crippen LogP contribution in [0.4, 0.5) is 0 Å². The normalized spacial score (nSPS) is 11.3. The Labute approximate surface area is 200 Å². The number of para-hydroxylation sites is 2. The van der Waals surface area contributed by atoms with Crippen LogP contribution < -0.4 is 9.47 Å². The van der Waals surface area contributed by atoms with Crippen molar-refractivity contribution in [1.29, 1.82) is 0 Å². The number of unbranched alkanes of at least 4 members (excludes halogenated alkanes) is 1. The van der Waals surface area contributed by atoms with Crippen molar-refractivity contribution in [2.45, 2.75) is 37.0 Å². The molecule has 0 fully saturated rings. The fraction of sp³-hybridized carbons (Fsp3) is 0.250. The van der Waals surface area contributed by atoms with E-state index in [1.165, 1.54) is 10.4 Å². The molecule has 0 saturated carbocycles. The summed E-state index contributed by atoms with van der Waals surface area (Å²) in [5.74, 6) is 3.53. The van der Waals surface area contributed by atoms with E-state index in [2.05, 4.69) is 59.2 Å². The van der Waals surface area contributed by atoms with Gasteiger partial charge >= 0.3 is 0 Å². The maximum Gasteiger partial charge on any atom is 0.161 e.